The summed E-state index contributed by atoms with van der Waals surface area (Å²) in [4.78, 5) is 16.0. The number of likely N-dealkylation sites (tertiary alicyclic amines) is 1. The molecule has 4 nitrogen and oxygen atoms in total. The minimum absolute atomic E-state index is 0.252. The Bertz CT molecular complexity index is 851. The average Bonchev–Trinajstić information content (AvgIpc) is 2.82. The molecular formula is C27H36N2O2. The molecule has 2 aromatic carbocycles. The number of hydrogen-bond donors (Lipinski definition) is 1. The van der Waals surface area contributed by atoms with E-state index in [0.717, 1.165) is 58.0 Å². The van der Waals surface area contributed by atoms with Crippen LogP contribution >= 0.6 is 0 Å². The number of benzene rings is 2. The van der Waals surface area contributed by atoms with Gasteiger partial charge in [-0.05, 0) is 81.8 Å². The standard InChI is InChI=1S/C27H36N2O2/c1-29-17-13-24(14-18-29)28-26(30)27(15-11-25(31-2)12-16-27)20-21-7-6-10-23(19-21)22-8-4-3-5-9-22/h3-10,19,24-25H,11-18,20H2,1-2H3,(H,28,30). The van der Waals surface area contributed by atoms with Crippen LogP contribution in [0.3, 0.4) is 0 Å². The number of piperidine rings is 1. The molecule has 1 aliphatic heterocycles. The summed E-state index contributed by atoms with van der Waals surface area (Å²) in [5.41, 5.74) is 3.34. The molecule has 31 heavy (non-hydrogen) atoms. The largest absolute Gasteiger partial charge is 0.381 e. The second kappa shape index (κ2) is 9.97. The van der Waals surface area contributed by atoms with E-state index in [-0.39, 0.29) is 17.4 Å². The zero-order valence-corrected chi connectivity index (χ0v) is 19.0. The Morgan fingerprint density at radius 3 is 2.35 bits per heavy atom. The van der Waals surface area contributed by atoms with E-state index in [1.54, 1.807) is 7.11 Å². The van der Waals surface area contributed by atoms with E-state index in [2.05, 4.69) is 65.8 Å². The summed E-state index contributed by atoms with van der Waals surface area (Å²) in [7, 11) is 3.95. The molecule has 0 spiro atoms. The lowest BCUT2D eigenvalue weighted by molar-refractivity contribution is -0.135. The third-order valence-corrected chi connectivity index (χ3v) is 7.34. The zero-order valence-electron chi connectivity index (χ0n) is 19.0. The Morgan fingerprint density at radius 1 is 1.00 bits per heavy atom. The third-order valence-electron chi connectivity index (χ3n) is 7.34. The first kappa shape index (κ1) is 22.0. The molecule has 0 aromatic heterocycles. The summed E-state index contributed by atoms with van der Waals surface area (Å²) < 4.78 is 5.62. The fourth-order valence-electron chi connectivity index (χ4n) is 5.24. The normalized spacial score (nSPS) is 25.3. The van der Waals surface area contributed by atoms with Gasteiger partial charge < -0.3 is 15.0 Å². The van der Waals surface area contributed by atoms with Gasteiger partial charge in [0.05, 0.1) is 11.5 Å². The number of carbonyl (C=O) groups is 1. The molecule has 2 fully saturated rings. The lowest BCUT2D eigenvalue weighted by Crippen LogP contribution is -2.51. The topological polar surface area (TPSA) is 41.6 Å². The number of methoxy groups -OCH3 is 1. The van der Waals surface area contributed by atoms with Crippen LogP contribution in [0.2, 0.25) is 0 Å². The molecule has 166 valence electrons. The summed E-state index contributed by atoms with van der Waals surface area (Å²) in [6.07, 6.45) is 6.85. The molecule has 4 rings (SSSR count). The predicted octanol–water partition coefficient (Wildman–Crippen LogP) is 4.68. The molecule has 2 aromatic rings. The van der Waals surface area contributed by atoms with Gasteiger partial charge in [-0.25, -0.2) is 0 Å². The zero-order chi connectivity index (χ0) is 21.7. The van der Waals surface area contributed by atoms with Crippen molar-refractivity contribution in [3.8, 4) is 11.1 Å². The summed E-state index contributed by atoms with van der Waals surface area (Å²) in [6, 6.07) is 19.5. The highest BCUT2D eigenvalue weighted by molar-refractivity contribution is 5.83. The first-order valence-electron chi connectivity index (χ1n) is 11.7. The van der Waals surface area contributed by atoms with Gasteiger partial charge in [-0.2, -0.15) is 0 Å². The van der Waals surface area contributed by atoms with Crippen molar-refractivity contribution < 1.29 is 9.53 Å². The molecule has 2 aliphatic rings. The fraction of sp³-hybridized carbons (Fsp3) is 0.519. The van der Waals surface area contributed by atoms with Gasteiger partial charge in [0.2, 0.25) is 5.91 Å². The molecule has 1 amide bonds. The smallest absolute Gasteiger partial charge is 0.226 e. The Balaban J connectivity index is 1.53. The molecule has 0 bridgehead atoms. The van der Waals surface area contributed by atoms with Crippen molar-refractivity contribution >= 4 is 5.91 Å². The Morgan fingerprint density at radius 2 is 1.68 bits per heavy atom. The van der Waals surface area contributed by atoms with Crippen molar-refractivity contribution in [2.24, 2.45) is 5.41 Å². The number of carbonyl (C=O) groups excluding carboxylic acids is 1. The van der Waals surface area contributed by atoms with Crippen LogP contribution in [0.4, 0.5) is 0 Å². The van der Waals surface area contributed by atoms with Crippen molar-refractivity contribution in [3.05, 3.63) is 60.2 Å². The van der Waals surface area contributed by atoms with Crippen LogP contribution in [0, 0.1) is 5.41 Å². The summed E-state index contributed by atoms with van der Waals surface area (Å²) in [5, 5.41) is 3.44. The molecule has 1 N–H and O–H groups in total. The number of ether oxygens (including phenoxy) is 1. The molecule has 4 heteroatoms. The average molecular weight is 421 g/mol. The van der Waals surface area contributed by atoms with Gasteiger partial charge in [-0.1, -0.05) is 54.6 Å². The highest BCUT2D eigenvalue weighted by Gasteiger charge is 2.42. The van der Waals surface area contributed by atoms with Gasteiger partial charge >= 0.3 is 0 Å². The Hall–Kier alpha value is -2.17. The van der Waals surface area contributed by atoms with E-state index in [1.807, 2.05) is 6.07 Å². The van der Waals surface area contributed by atoms with E-state index in [0.29, 0.717) is 6.04 Å². The predicted molar refractivity (Wildman–Crippen MR) is 126 cm³/mol. The van der Waals surface area contributed by atoms with E-state index in [9.17, 15) is 4.79 Å². The monoisotopic (exact) mass is 420 g/mol. The molecule has 0 radical (unpaired) electrons. The minimum atomic E-state index is -0.340. The second-order valence-corrected chi connectivity index (χ2v) is 9.51. The van der Waals surface area contributed by atoms with Crippen molar-refractivity contribution in [2.45, 2.75) is 57.1 Å². The van der Waals surface area contributed by atoms with Gasteiger partial charge in [-0.3, -0.25) is 4.79 Å². The maximum Gasteiger partial charge on any atom is 0.226 e. The van der Waals surface area contributed by atoms with Crippen LogP contribution in [-0.4, -0.2) is 50.2 Å². The molecule has 0 atom stereocenters. The van der Waals surface area contributed by atoms with Crippen molar-refractivity contribution in [1.29, 1.82) is 0 Å². The lowest BCUT2D eigenvalue weighted by Gasteiger charge is -2.40. The first-order chi connectivity index (χ1) is 15.1. The maximum atomic E-state index is 13.7. The second-order valence-electron chi connectivity index (χ2n) is 9.51. The van der Waals surface area contributed by atoms with Crippen molar-refractivity contribution in [1.82, 2.24) is 10.2 Å². The van der Waals surface area contributed by atoms with Crippen LogP contribution in [-0.2, 0) is 16.0 Å². The molecule has 1 saturated heterocycles. The number of rotatable bonds is 6. The van der Waals surface area contributed by atoms with Crippen LogP contribution < -0.4 is 5.32 Å². The van der Waals surface area contributed by atoms with Crippen LogP contribution in [0.25, 0.3) is 11.1 Å². The van der Waals surface area contributed by atoms with Crippen LogP contribution in [0.5, 0.6) is 0 Å². The van der Waals surface area contributed by atoms with Gasteiger partial charge in [0.15, 0.2) is 0 Å². The minimum Gasteiger partial charge on any atom is -0.381 e. The highest BCUT2D eigenvalue weighted by Crippen LogP contribution is 2.41. The molecule has 1 saturated carbocycles. The highest BCUT2D eigenvalue weighted by atomic mass is 16.5. The maximum absolute atomic E-state index is 13.7. The lowest BCUT2D eigenvalue weighted by atomic mass is 9.68. The molecule has 1 aliphatic carbocycles. The van der Waals surface area contributed by atoms with Gasteiger partial charge in [-0.15, -0.1) is 0 Å². The van der Waals surface area contributed by atoms with Crippen molar-refractivity contribution in [3.63, 3.8) is 0 Å². The number of nitrogens with one attached hydrogen (secondary N) is 1. The number of amides is 1. The number of nitrogens with zero attached hydrogens (tertiary/aromatic N) is 1. The summed E-state index contributed by atoms with van der Waals surface area (Å²) in [6.45, 7) is 2.12. The summed E-state index contributed by atoms with van der Waals surface area (Å²) in [5.74, 6) is 0.252. The Labute approximate surface area is 187 Å². The van der Waals surface area contributed by atoms with Crippen molar-refractivity contribution in [2.75, 3.05) is 27.2 Å². The first-order valence-corrected chi connectivity index (χ1v) is 11.7. The Kier molecular flexibility index (Phi) is 7.09. The van der Waals surface area contributed by atoms with E-state index in [1.165, 1.54) is 16.7 Å². The molecule has 1 heterocycles. The van der Waals surface area contributed by atoms with Crippen LogP contribution in [0.15, 0.2) is 54.6 Å². The quantitative estimate of drug-likeness (QED) is 0.738. The molecular weight excluding hydrogens is 384 g/mol. The third kappa shape index (κ3) is 5.36. The van der Waals surface area contributed by atoms with Gasteiger partial charge in [0.1, 0.15) is 0 Å². The summed E-state index contributed by atoms with van der Waals surface area (Å²) >= 11 is 0. The SMILES string of the molecule is COC1CCC(Cc2cccc(-c3ccccc3)c2)(C(=O)NC2CCN(C)CC2)CC1. The van der Waals surface area contributed by atoms with Crippen LogP contribution in [0.1, 0.15) is 44.1 Å². The van der Waals surface area contributed by atoms with Gasteiger partial charge in [0.25, 0.3) is 0 Å². The fourth-order valence-corrected chi connectivity index (χ4v) is 5.24. The van der Waals surface area contributed by atoms with E-state index in [4.69, 9.17) is 4.74 Å². The van der Waals surface area contributed by atoms with E-state index >= 15 is 0 Å². The number of hydrogen-bond acceptors (Lipinski definition) is 3. The molecule has 0 unspecified atom stereocenters. The van der Waals surface area contributed by atoms with Gasteiger partial charge in [0, 0.05) is 13.2 Å². The van der Waals surface area contributed by atoms with E-state index < -0.39 is 0 Å².